The molecule has 30 heavy (non-hydrogen) atoms. The number of amides is 2. The number of aromatic nitrogens is 2. The maximum absolute atomic E-state index is 13.3. The maximum Gasteiger partial charge on any atom is 0.259 e. The zero-order valence-electron chi connectivity index (χ0n) is 17.6. The molecule has 2 amide bonds. The Morgan fingerprint density at radius 1 is 1.27 bits per heavy atom. The summed E-state index contributed by atoms with van der Waals surface area (Å²) in [6.07, 6.45) is 5.05. The molecular formula is C21H28N6O3. The first-order chi connectivity index (χ1) is 14.5. The zero-order valence-corrected chi connectivity index (χ0v) is 17.6. The normalized spacial score (nSPS) is 22.3. The molecule has 4 rings (SSSR count). The van der Waals surface area contributed by atoms with Gasteiger partial charge in [-0.05, 0) is 37.8 Å². The topological polar surface area (TPSA) is 104 Å². The van der Waals surface area contributed by atoms with Crippen molar-refractivity contribution in [2.24, 2.45) is 11.8 Å². The van der Waals surface area contributed by atoms with E-state index in [1.54, 1.807) is 38.3 Å². The highest BCUT2D eigenvalue weighted by molar-refractivity contribution is 6.00. The van der Waals surface area contributed by atoms with E-state index in [4.69, 9.17) is 4.52 Å². The molecule has 2 aliphatic heterocycles. The number of carbonyl (C=O) groups excluding carboxylic acids is 2. The minimum atomic E-state index is -0.0789. The van der Waals surface area contributed by atoms with Gasteiger partial charge in [0.05, 0.1) is 5.92 Å². The van der Waals surface area contributed by atoms with Crippen LogP contribution in [0.15, 0.2) is 29.0 Å². The highest BCUT2D eigenvalue weighted by atomic mass is 16.5. The predicted octanol–water partition coefficient (Wildman–Crippen LogP) is 1.08. The molecule has 0 aromatic carbocycles. The molecule has 2 fully saturated rings. The largest absolute Gasteiger partial charge is 0.360 e. The van der Waals surface area contributed by atoms with Crippen LogP contribution in [-0.4, -0.2) is 71.5 Å². The molecule has 2 unspecified atom stereocenters. The standard InChI is InChI=1S/C21H28N6O3/c1-13-17(19(25-30-13)15-5-4-8-22-11-15)21(29)27-9-6-14(7-10-27)18-16(12-23-24-18)20(28)26(2)3/h4-5,8,11,14,16,18,23-24H,6-7,9-10,12H2,1-3H3. The zero-order chi connectivity index (χ0) is 21.3. The summed E-state index contributed by atoms with van der Waals surface area (Å²) in [5.41, 5.74) is 8.23. The summed E-state index contributed by atoms with van der Waals surface area (Å²) in [4.78, 5) is 33.4. The summed E-state index contributed by atoms with van der Waals surface area (Å²) in [5, 5.41) is 4.10. The van der Waals surface area contributed by atoms with Crippen molar-refractivity contribution >= 4 is 11.8 Å². The first kappa shape index (κ1) is 20.5. The Bertz CT molecular complexity index is 905. The van der Waals surface area contributed by atoms with Gasteiger partial charge in [-0.15, -0.1) is 0 Å². The number of hydrogen-bond donors (Lipinski definition) is 2. The number of nitrogens with zero attached hydrogens (tertiary/aromatic N) is 4. The number of rotatable bonds is 4. The second-order valence-corrected chi connectivity index (χ2v) is 8.22. The molecule has 0 aliphatic carbocycles. The van der Waals surface area contributed by atoms with E-state index in [0.29, 0.717) is 42.6 Å². The lowest BCUT2D eigenvalue weighted by Gasteiger charge is -2.36. The number of piperidine rings is 1. The van der Waals surface area contributed by atoms with Crippen molar-refractivity contribution in [2.75, 3.05) is 33.7 Å². The molecular weight excluding hydrogens is 384 g/mol. The molecule has 160 valence electrons. The van der Waals surface area contributed by atoms with Crippen molar-refractivity contribution in [1.82, 2.24) is 30.8 Å². The Balaban J connectivity index is 1.45. The average Bonchev–Trinajstić information content (AvgIpc) is 3.40. The number of aryl methyl sites for hydroxylation is 1. The van der Waals surface area contributed by atoms with Crippen molar-refractivity contribution in [2.45, 2.75) is 25.8 Å². The molecule has 9 heteroatoms. The fourth-order valence-corrected chi connectivity index (χ4v) is 4.48. The summed E-state index contributed by atoms with van der Waals surface area (Å²) in [7, 11) is 3.58. The summed E-state index contributed by atoms with van der Waals surface area (Å²) < 4.78 is 5.34. The molecule has 2 saturated heterocycles. The molecule has 2 atom stereocenters. The molecule has 2 N–H and O–H groups in total. The smallest absolute Gasteiger partial charge is 0.259 e. The van der Waals surface area contributed by atoms with E-state index in [0.717, 1.165) is 18.4 Å². The SMILES string of the molecule is Cc1onc(-c2cccnc2)c1C(=O)N1CCC(C2NNCC2C(=O)N(C)C)CC1. The lowest BCUT2D eigenvalue weighted by atomic mass is 9.82. The lowest BCUT2D eigenvalue weighted by Crippen LogP contribution is -2.48. The van der Waals surface area contributed by atoms with E-state index < -0.39 is 0 Å². The Morgan fingerprint density at radius 2 is 2.03 bits per heavy atom. The minimum absolute atomic E-state index is 0.0653. The summed E-state index contributed by atoms with van der Waals surface area (Å²) in [6, 6.07) is 3.77. The lowest BCUT2D eigenvalue weighted by molar-refractivity contribution is -0.133. The molecule has 0 saturated carbocycles. The van der Waals surface area contributed by atoms with Crippen LogP contribution in [0.1, 0.15) is 29.0 Å². The van der Waals surface area contributed by atoms with Crippen LogP contribution in [0.3, 0.4) is 0 Å². The van der Waals surface area contributed by atoms with Crippen molar-refractivity contribution in [1.29, 1.82) is 0 Å². The van der Waals surface area contributed by atoms with E-state index in [9.17, 15) is 9.59 Å². The van der Waals surface area contributed by atoms with Gasteiger partial charge in [0.25, 0.3) is 5.91 Å². The molecule has 0 bridgehead atoms. The summed E-state index contributed by atoms with van der Waals surface area (Å²) in [5.74, 6) is 0.838. The van der Waals surface area contributed by atoms with Gasteiger partial charge in [0.2, 0.25) is 5.91 Å². The van der Waals surface area contributed by atoms with Crippen molar-refractivity contribution in [3.63, 3.8) is 0 Å². The van der Waals surface area contributed by atoms with Crippen LogP contribution in [0.5, 0.6) is 0 Å². The third-order valence-corrected chi connectivity index (χ3v) is 6.13. The van der Waals surface area contributed by atoms with Gasteiger partial charge in [0.1, 0.15) is 17.0 Å². The number of hydrogen-bond acceptors (Lipinski definition) is 7. The van der Waals surface area contributed by atoms with E-state index in [1.807, 2.05) is 17.0 Å². The van der Waals surface area contributed by atoms with Crippen LogP contribution in [0.25, 0.3) is 11.3 Å². The van der Waals surface area contributed by atoms with Gasteiger partial charge >= 0.3 is 0 Å². The fraction of sp³-hybridized carbons (Fsp3) is 0.524. The maximum atomic E-state index is 13.3. The van der Waals surface area contributed by atoms with Gasteiger partial charge in [-0.25, -0.2) is 0 Å². The number of hydrazine groups is 1. The van der Waals surface area contributed by atoms with E-state index in [2.05, 4.69) is 21.0 Å². The van der Waals surface area contributed by atoms with Crippen molar-refractivity contribution in [3.8, 4) is 11.3 Å². The number of nitrogens with one attached hydrogen (secondary N) is 2. The molecule has 4 heterocycles. The van der Waals surface area contributed by atoms with Crippen LogP contribution < -0.4 is 10.9 Å². The molecule has 2 aliphatic rings. The highest BCUT2D eigenvalue weighted by Crippen LogP contribution is 2.30. The minimum Gasteiger partial charge on any atom is -0.360 e. The number of carbonyl (C=O) groups is 2. The molecule has 0 spiro atoms. The van der Waals surface area contributed by atoms with Gasteiger partial charge in [-0.1, -0.05) is 5.16 Å². The highest BCUT2D eigenvalue weighted by Gasteiger charge is 2.40. The van der Waals surface area contributed by atoms with Gasteiger partial charge in [0.15, 0.2) is 0 Å². The predicted molar refractivity (Wildman–Crippen MR) is 110 cm³/mol. The molecule has 2 aromatic rings. The van der Waals surface area contributed by atoms with Gasteiger partial charge in [-0.2, -0.15) is 0 Å². The Hall–Kier alpha value is -2.78. The molecule has 9 nitrogen and oxygen atoms in total. The summed E-state index contributed by atoms with van der Waals surface area (Å²) in [6.45, 7) is 3.68. The Labute approximate surface area is 175 Å². The van der Waals surface area contributed by atoms with Crippen molar-refractivity contribution in [3.05, 3.63) is 35.9 Å². The Kier molecular flexibility index (Phi) is 5.83. The van der Waals surface area contributed by atoms with Crippen LogP contribution in [0.4, 0.5) is 0 Å². The third-order valence-electron chi connectivity index (χ3n) is 6.13. The second-order valence-electron chi connectivity index (χ2n) is 8.22. The van der Waals surface area contributed by atoms with Crippen LogP contribution >= 0.6 is 0 Å². The molecule has 0 radical (unpaired) electrons. The number of likely N-dealkylation sites (tertiary alicyclic amines) is 1. The van der Waals surface area contributed by atoms with E-state index in [-0.39, 0.29) is 23.8 Å². The average molecular weight is 412 g/mol. The first-order valence-electron chi connectivity index (χ1n) is 10.3. The van der Waals surface area contributed by atoms with Crippen molar-refractivity contribution < 1.29 is 14.1 Å². The van der Waals surface area contributed by atoms with E-state index >= 15 is 0 Å². The Morgan fingerprint density at radius 3 is 2.70 bits per heavy atom. The van der Waals surface area contributed by atoms with Gasteiger partial charge < -0.3 is 14.3 Å². The van der Waals surface area contributed by atoms with E-state index in [1.165, 1.54) is 0 Å². The third kappa shape index (κ3) is 3.82. The second kappa shape index (κ2) is 8.53. The molecule has 2 aromatic heterocycles. The van der Waals surface area contributed by atoms with Gasteiger partial charge in [0, 0.05) is 57.7 Å². The van der Waals surface area contributed by atoms with Crippen LogP contribution in [-0.2, 0) is 4.79 Å². The van der Waals surface area contributed by atoms with Gasteiger partial charge in [-0.3, -0.25) is 25.4 Å². The quantitative estimate of drug-likeness (QED) is 0.774. The first-order valence-corrected chi connectivity index (χ1v) is 10.3. The monoisotopic (exact) mass is 412 g/mol. The fourth-order valence-electron chi connectivity index (χ4n) is 4.48. The van der Waals surface area contributed by atoms with Crippen LogP contribution in [0, 0.1) is 18.8 Å². The number of pyridine rings is 1. The van der Waals surface area contributed by atoms with Crippen LogP contribution in [0.2, 0.25) is 0 Å². The summed E-state index contributed by atoms with van der Waals surface area (Å²) >= 11 is 0.